The molecule has 2 atom stereocenters. The molecule has 2 aliphatic heterocycles. The quantitative estimate of drug-likeness (QED) is 0.511. The fourth-order valence-corrected chi connectivity index (χ4v) is 5.81. The minimum atomic E-state index is -1.18. The molecule has 0 aliphatic carbocycles. The van der Waals surface area contributed by atoms with Gasteiger partial charge in [-0.3, -0.25) is 9.67 Å². The van der Waals surface area contributed by atoms with E-state index in [-0.39, 0.29) is 6.54 Å². The number of aryl methyl sites for hydroxylation is 3. The van der Waals surface area contributed by atoms with Gasteiger partial charge in [0.15, 0.2) is 5.65 Å². The molecule has 3 aromatic rings. The molecular formula is C29H40FN7O2. The fourth-order valence-electron chi connectivity index (χ4n) is 5.81. The Balaban J connectivity index is 1.20. The van der Waals surface area contributed by atoms with Crippen molar-refractivity contribution in [3.8, 4) is 0 Å². The zero-order chi connectivity index (χ0) is 27.9. The minimum absolute atomic E-state index is 0.216. The van der Waals surface area contributed by atoms with Crippen LogP contribution in [0.4, 0.5) is 20.6 Å². The predicted molar refractivity (Wildman–Crippen MR) is 151 cm³/mol. The molecule has 1 amide bonds. The van der Waals surface area contributed by atoms with Crippen LogP contribution in [0.5, 0.6) is 0 Å². The van der Waals surface area contributed by atoms with Gasteiger partial charge in [-0.05, 0) is 71.6 Å². The maximum Gasteiger partial charge on any atom is 0.407 e. The minimum Gasteiger partial charge on any atom is -0.444 e. The number of ether oxygens (including phenoxy) is 1. The lowest BCUT2D eigenvalue weighted by atomic mass is 9.90. The van der Waals surface area contributed by atoms with Gasteiger partial charge in [-0.15, -0.1) is 0 Å². The molecule has 0 spiro atoms. The number of amides is 1. The molecule has 5 heterocycles. The molecule has 0 aromatic carbocycles. The van der Waals surface area contributed by atoms with Crippen molar-refractivity contribution in [3.63, 3.8) is 0 Å². The van der Waals surface area contributed by atoms with Crippen molar-refractivity contribution in [1.29, 1.82) is 0 Å². The monoisotopic (exact) mass is 537 g/mol. The molecule has 210 valence electrons. The van der Waals surface area contributed by atoms with Crippen LogP contribution in [-0.2, 0) is 11.8 Å². The van der Waals surface area contributed by atoms with E-state index in [4.69, 9.17) is 9.72 Å². The van der Waals surface area contributed by atoms with E-state index < -0.39 is 23.9 Å². The number of alkyl halides is 1. The van der Waals surface area contributed by atoms with Crippen molar-refractivity contribution in [2.75, 3.05) is 36.0 Å². The highest BCUT2D eigenvalue weighted by molar-refractivity contribution is 5.89. The standard InChI is InChI=1S/C29H40FN7O2/c1-18-13-21(37-12-9-24(23(30)17-37)34-28(38)39-29(3,4)5)15-31-26(18)20-7-10-36(11-8-20)25-14-19(2)33-27-22(25)16-32-35(27)6/h13-16,20,23-24H,7-12,17H2,1-6H3,(H,34,38)/t23-,24+/m0/s1. The van der Waals surface area contributed by atoms with Crippen molar-refractivity contribution in [3.05, 3.63) is 41.5 Å². The van der Waals surface area contributed by atoms with Crippen LogP contribution < -0.4 is 15.1 Å². The third kappa shape index (κ3) is 5.94. The molecular weight excluding hydrogens is 497 g/mol. The Morgan fingerprint density at radius 1 is 1.08 bits per heavy atom. The van der Waals surface area contributed by atoms with Gasteiger partial charge in [0.2, 0.25) is 0 Å². The number of halogens is 1. The van der Waals surface area contributed by atoms with Crippen molar-refractivity contribution in [1.82, 2.24) is 25.1 Å². The number of alkyl carbamates (subject to hydrolysis) is 1. The van der Waals surface area contributed by atoms with E-state index in [1.54, 1.807) is 20.8 Å². The number of piperidine rings is 2. The number of rotatable bonds is 4. The number of nitrogens with zero attached hydrogens (tertiary/aromatic N) is 6. The first-order chi connectivity index (χ1) is 18.5. The lowest BCUT2D eigenvalue weighted by molar-refractivity contribution is 0.0463. The van der Waals surface area contributed by atoms with Gasteiger partial charge in [0.25, 0.3) is 0 Å². The van der Waals surface area contributed by atoms with Gasteiger partial charge < -0.3 is 19.9 Å². The van der Waals surface area contributed by atoms with E-state index in [2.05, 4.69) is 39.4 Å². The molecule has 0 saturated carbocycles. The first-order valence-corrected chi connectivity index (χ1v) is 13.9. The summed E-state index contributed by atoms with van der Waals surface area (Å²) in [7, 11) is 1.93. The molecule has 9 nitrogen and oxygen atoms in total. The fraction of sp³-hybridized carbons (Fsp3) is 0.586. The Bertz CT molecular complexity index is 1340. The molecule has 3 aromatic heterocycles. The van der Waals surface area contributed by atoms with Gasteiger partial charge in [0.05, 0.1) is 41.7 Å². The Kier molecular flexibility index (Phi) is 7.39. The normalized spacial score (nSPS) is 20.9. The second kappa shape index (κ2) is 10.6. The SMILES string of the molecule is Cc1cc(N2CCC(c3ncc(N4CC[C@@H](NC(=O)OC(C)(C)C)[C@@H](F)C4)cc3C)CC2)c2cnn(C)c2n1. The Morgan fingerprint density at radius 3 is 2.46 bits per heavy atom. The average Bonchev–Trinajstić information content (AvgIpc) is 3.24. The van der Waals surface area contributed by atoms with E-state index in [9.17, 15) is 4.79 Å². The van der Waals surface area contributed by atoms with Gasteiger partial charge in [0, 0.05) is 44.0 Å². The van der Waals surface area contributed by atoms with Crippen molar-refractivity contribution in [2.45, 2.75) is 77.6 Å². The highest BCUT2D eigenvalue weighted by Gasteiger charge is 2.32. The van der Waals surface area contributed by atoms with Crippen LogP contribution in [0.25, 0.3) is 11.0 Å². The summed E-state index contributed by atoms with van der Waals surface area (Å²) in [6, 6.07) is 3.74. The third-order valence-corrected chi connectivity index (χ3v) is 7.75. The third-order valence-electron chi connectivity index (χ3n) is 7.75. The number of hydrogen-bond donors (Lipinski definition) is 1. The maximum atomic E-state index is 15.0. The summed E-state index contributed by atoms with van der Waals surface area (Å²) in [6.07, 6.45) is 4.59. The predicted octanol–water partition coefficient (Wildman–Crippen LogP) is 4.81. The van der Waals surface area contributed by atoms with Gasteiger partial charge in [0.1, 0.15) is 11.8 Å². The Morgan fingerprint density at radius 2 is 1.79 bits per heavy atom. The Labute approximate surface area is 229 Å². The summed E-state index contributed by atoms with van der Waals surface area (Å²) in [5, 5.41) is 8.21. The summed E-state index contributed by atoms with van der Waals surface area (Å²) in [5.41, 5.74) is 5.71. The maximum absolute atomic E-state index is 15.0. The van der Waals surface area contributed by atoms with Crippen LogP contribution in [0.2, 0.25) is 0 Å². The molecule has 0 bridgehead atoms. The van der Waals surface area contributed by atoms with E-state index in [1.807, 2.05) is 35.9 Å². The van der Waals surface area contributed by atoms with Crippen molar-refractivity contribution < 1.29 is 13.9 Å². The van der Waals surface area contributed by atoms with E-state index in [1.165, 1.54) is 5.69 Å². The van der Waals surface area contributed by atoms with Gasteiger partial charge in [-0.1, -0.05) is 0 Å². The molecule has 39 heavy (non-hydrogen) atoms. The smallest absolute Gasteiger partial charge is 0.407 e. The number of carbonyl (C=O) groups excluding carboxylic acids is 1. The van der Waals surface area contributed by atoms with Gasteiger partial charge >= 0.3 is 6.09 Å². The summed E-state index contributed by atoms with van der Waals surface area (Å²) >= 11 is 0. The molecule has 2 fully saturated rings. The lowest BCUT2D eigenvalue weighted by Gasteiger charge is -2.37. The molecule has 0 radical (unpaired) electrons. The average molecular weight is 538 g/mol. The summed E-state index contributed by atoms with van der Waals surface area (Å²) in [5.74, 6) is 0.389. The van der Waals surface area contributed by atoms with Crippen LogP contribution in [0.1, 0.15) is 62.9 Å². The van der Waals surface area contributed by atoms with Crippen LogP contribution in [0.15, 0.2) is 24.5 Å². The second-order valence-corrected chi connectivity index (χ2v) is 11.9. The summed E-state index contributed by atoms with van der Waals surface area (Å²) in [4.78, 5) is 26.1. The number of carbonyl (C=O) groups is 1. The number of aromatic nitrogens is 4. The zero-order valence-electron chi connectivity index (χ0n) is 23.9. The zero-order valence-corrected chi connectivity index (χ0v) is 23.9. The summed E-state index contributed by atoms with van der Waals surface area (Å²) in [6.45, 7) is 12.3. The van der Waals surface area contributed by atoms with Crippen molar-refractivity contribution in [2.24, 2.45) is 7.05 Å². The van der Waals surface area contributed by atoms with Crippen LogP contribution in [0.3, 0.4) is 0 Å². The number of hydrogen-bond acceptors (Lipinski definition) is 7. The van der Waals surface area contributed by atoms with Crippen molar-refractivity contribution >= 4 is 28.5 Å². The molecule has 1 N–H and O–H groups in total. The summed E-state index contributed by atoms with van der Waals surface area (Å²) < 4.78 is 22.1. The number of nitrogens with one attached hydrogen (secondary N) is 1. The highest BCUT2D eigenvalue weighted by Crippen LogP contribution is 2.35. The molecule has 2 aliphatic rings. The van der Waals surface area contributed by atoms with Crippen LogP contribution in [0, 0.1) is 13.8 Å². The first kappa shape index (κ1) is 27.1. The highest BCUT2D eigenvalue weighted by atomic mass is 19.1. The Hall–Kier alpha value is -3.43. The lowest BCUT2D eigenvalue weighted by Crippen LogP contribution is -2.53. The van der Waals surface area contributed by atoms with E-state index in [0.717, 1.165) is 59.6 Å². The number of fused-ring (bicyclic) bond motifs is 1. The van der Waals surface area contributed by atoms with Crippen LogP contribution >= 0.6 is 0 Å². The second-order valence-electron chi connectivity index (χ2n) is 11.9. The van der Waals surface area contributed by atoms with E-state index >= 15 is 4.39 Å². The van der Waals surface area contributed by atoms with Gasteiger partial charge in [-0.25, -0.2) is 14.2 Å². The molecule has 0 unspecified atom stereocenters. The largest absolute Gasteiger partial charge is 0.444 e. The number of anilines is 2. The molecule has 10 heteroatoms. The van der Waals surface area contributed by atoms with Crippen LogP contribution in [-0.4, -0.2) is 69.8 Å². The number of pyridine rings is 2. The molecule has 2 saturated heterocycles. The molecule has 5 rings (SSSR count). The first-order valence-electron chi connectivity index (χ1n) is 13.9. The van der Waals surface area contributed by atoms with Gasteiger partial charge in [-0.2, -0.15) is 5.10 Å². The topological polar surface area (TPSA) is 88.4 Å². The van der Waals surface area contributed by atoms with E-state index in [0.29, 0.717) is 18.9 Å².